The summed E-state index contributed by atoms with van der Waals surface area (Å²) in [6.07, 6.45) is 0. The number of nitrogens with one attached hydrogen (secondary N) is 2. The maximum Gasteiger partial charge on any atom is 0.329 e. The van der Waals surface area contributed by atoms with Crippen molar-refractivity contribution in [1.29, 1.82) is 0 Å². The summed E-state index contributed by atoms with van der Waals surface area (Å²) in [6, 6.07) is -0.386. The molecule has 74 valence electrons. The molecule has 1 aliphatic heterocycles. The maximum atomic E-state index is 11.4. The van der Waals surface area contributed by atoms with Crippen LogP contribution in [0.2, 0.25) is 0 Å². The summed E-state index contributed by atoms with van der Waals surface area (Å²) < 4.78 is 0. The third-order valence-electron chi connectivity index (χ3n) is 2.16. The van der Waals surface area contributed by atoms with Gasteiger partial charge >= 0.3 is 6.03 Å². The highest BCUT2D eigenvalue weighted by Crippen LogP contribution is 2.23. The Morgan fingerprint density at radius 3 is 2.50 bits per heavy atom. The summed E-state index contributed by atoms with van der Waals surface area (Å²) in [5.41, 5.74) is 1.92. The average molecular weight is 194 g/mol. The van der Waals surface area contributed by atoms with Crippen molar-refractivity contribution in [1.82, 2.24) is 15.5 Å². The number of aromatic amines is 1. The molecule has 2 rings (SSSR count). The molecule has 0 bridgehead atoms. The van der Waals surface area contributed by atoms with Crippen molar-refractivity contribution in [3.05, 3.63) is 11.4 Å². The number of amides is 3. The van der Waals surface area contributed by atoms with Crippen LogP contribution in [0.15, 0.2) is 0 Å². The molecular formula is C8H10N4O2. The van der Waals surface area contributed by atoms with Crippen molar-refractivity contribution in [3.63, 3.8) is 0 Å². The molecule has 0 aromatic carbocycles. The molecule has 3 amide bonds. The van der Waals surface area contributed by atoms with Gasteiger partial charge in [0.15, 0.2) is 0 Å². The molecule has 1 aromatic rings. The Morgan fingerprint density at radius 1 is 1.36 bits per heavy atom. The molecule has 1 saturated heterocycles. The van der Waals surface area contributed by atoms with Crippen molar-refractivity contribution in [2.75, 3.05) is 11.4 Å². The van der Waals surface area contributed by atoms with Crippen LogP contribution in [0.25, 0.3) is 0 Å². The number of carbonyl (C=O) groups is 2. The zero-order valence-electron chi connectivity index (χ0n) is 7.92. The van der Waals surface area contributed by atoms with Crippen LogP contribution in [0.1, 0.15) is 11.4 Å². The summed E-state index contributed by atoms with van der Waals surface area (Å²) in [7, 11) is 0. The number of urea groups is 1. The zero-order valence-corrected chi connectivity index (χ0v) is 7.92. The van der Waals surface area contributed by atoms with Crippen LogP contribution in [0, 0.1) is 13.8 Å². The van der Waals surface area contributed by atoms with Gasteiger partial charge in [0.05, 0.1) is 23.6 Å². The topological polar surface area (TPSA) is 78.1 Å². The van der Waals surface area contributed by atoms with Crippen LogP contribution in [0.4, 0.5) is 10.5 Å². The van der Waals surface area contributed by atoms with E-state index in [9.17, 15) is 9.59 Å². The van der Waals surface area contributed by atoms with Gasteiger partial charge < -0.3 is 5.32 Å². The molecule has 0 spiro atoms. The van der Waals surface area contributed by atoms with E-state index >= 15 is 0 Å². The van der Waals surface area contributed by atoms with Gasteiger partial charge in [-0.1, -0.05) is 0 Å². The molecule has 6 heteroatoms. The number of H-pyrrole nitrogens is 1. The Kier molecular flexibility index (Phi) is 1.77. The summed E-state index contributed by atoms with van der Waals surface area (Å²) in [4.78, 5) is 23.8. The molecule has 2 heterocycles. The summed E-state index contributed by atoms with van der Waals surface area (Å²) in [6.45, 7) is 3.58. The molecule has 1 fully saturated rings. The first kappa shape index (κ1) is 8.74. The molecule has 0 radical (unpaired) electrons. The summed E-state index contributed by atoms with van der Waals surface area (Å²) in [5.74, 6) is -0.248. The van der Waals surface area contributed by atoms with Gasteiger partial charge in [0, 0.05) is 0 Å². The van der Waals surface area contributed by atoms with Crippen LogP contribution in [-0.2, 0) is 4.79 Å². The van der Waals surface area contributed by atoms with Crippen molar-refractivity contribution >= 4 is 17.6 Å². The first-order valence-corrected chi connectivity index (χ1v) is 4.23. The van der Waals surface area contributed by atoms with Crippen LogP contribution in [0.5, 0.6) is 0 Å². The summed E-state index contributed by atoms with van der Waals surface area (Å²) >= 11 is 0. The second kappa shape index (κ2) is 2.83. The van der Waals surface area contributed by atoms with Crippen LogP contribution in [0.3, 0.4) is 0 Å². The SMILES string of the molecule is Cc1n[nH]c(C)c1N1C(=O)CNC1=O. The lowest BCUT2D eigenvalue weighted by molar-refractivity contribution is -0.115. The smallest absolute Gasteiger partial charge is 0.328 e. The highest BCUT2D eigenvalue weighted by atomic mass is 16.2. The van der Waals surface area contributed by atoms with E-state index in [1.807, 2.05) is 0 Å². The van der Waals surface area contributed by atoms with E-state index in [1.165, 1.54) is 0 Å². The second-order valence-corrected chi connectivity index (χ2v) is 3.17. The van der Waals surface area contributed by atoms with Gasteiger partial charge in [-0.15, -0.1) is 0 Å². The first-order valence-electron chi connectivity index (χ1n) is 4.23. The Balaban J connectivity index is 2.48. The van der Waals surface area contributed by atoms with E-state index in [1.54, 1.807) is 13.8 Å². The number of nitrogens with zero attached hydrogens (tertiary/aromatic N) is 2. The Morgan fingerprint density at radius 2 is 2.07 bits per heavy atom. The van der Waals surface area contributed by atoms with E-state index in [2.05, 4.69) is 15.5 Å². The van der Waals surface area contributed by atoms with Gasteiger partial charge in [0.2, 0.25) is 0 Å². The van der Waals surface area contributed by atoms with Gasteiger partial charge in [-0.05, 0) is 13.8 Å². The van der Waals surface area contributed by atoms with Crippen LogP contribution in [-0.4, -0.2) is 28.7 Å². The van der Waals surface area contributed by atoms with Gasteiger partial charge in [0.1, 0.15) is 0 Å². The molecule has 1 aliphatic rings. The lowest BCUT2D eigenvalue weighted by Crippen LogP contribution is -2.31. The lowest BCUT2D eigenvalue weighted by Gasteiger charge is -2.11. The zero-order chi connectivity index (χ0) is 10.3. The fourth-order valence-electron chi connectivity index (χ4n) is 1.52. The van der Waals surface area contributed by atoms with Gasteiger partial charge in [-0.25, -0.2) is 9.69 Å². The maximum absolute atomic E-state index is 11.4. The molecule has 0 aliphatic carbocycles. The van der Waals surface area contributed by atoms with Crippen molar-refractivity contribution < 1.29 is 9.59 Å². The number of hydrogen-bond donors (Lipinski definition) is 2. The first-order chi connectivity index (χ1) is 6.61. The molecule has 6 nitrogen and oxygen atoms in total. The molecule has 0 atom stereocenters. The number of imide groups is 1. The predicted octanol–water partition coefficient (Wildman–Crippen LogP) is 0.0827. The van der Waals surface area contributed by atoms with Crippen molar-refractivity contribution in [3.8, 4) is 0 Å². The minimum atomic E-state index is -0.386. The standard InChI is InChI=1S/C8H10N4O2/c1-4-7(5(2)11-10-4)12-6(13)3-9-8(12)14/h3H2,1-2H3,(H,9,14)(H,10,11). The molecule has 0 unspecified atom stereocenters. The Bertz CT molecular complexity index is 374. The number of rotatable bonds is 1. The number of aryl methyl sites for hydroxylation is 2. The molecule has 1 aromatic heterocycles. The van der Waals surface area contributed by atoms with E-state index in [4.69, 9.17) is 0 Å². The third-order valence-corrected chi connectivity index (χ3v) is 2.16. The molecule has 2 N–H and O–H groups in total. The molecular weight excluding hydrogens is 184 g/mol. The monoisotopic (exact) mass is 194 g/mol. The fourth-order valence-corrected chi connectivity index (χ4v) is 1.52. The average Bonchev–Trinajstić information content (AvgIpc) is 2.60. The third kappa shape index (κ3) is 1.07. The largest absolute Gasteiger partial charge is 0.329 e. The Hall–Kier alpha value is -1.85. The number of aromatic nitrogens is 2. The van der Waals surface area contributed by atoms with Crippen molar-refractivity contribution in [2.24, 2.45) is 0 Å². The number of carbonyl (C=O) groups excluding carboxylic acids is 2. The van der Waals surface area contributed by atoms with E-state index in [0.717, 1.165) is 4.90 Å². The fraction of sp³-hybridized carbons (Fsp3) is 0.375. The lowest BCUT2D eigenvalue weighted by atomic mass is 10.3. The van der Waals surface area contributed by atoms with Gasteiger partial charge in [-0.3, -0.25) is 9.89 Å². The quantitative estimate of drug-likeness (QED) is 0.621. The van der Waals surface area contributed by atoms with Gasteiger partial charge in [0.25, 0.3) is 5.91 Å². The minimum Gasteiger partial charge on any atom is -0.328 e. The van der Waals surface area contributed by atoms with E-state index < -0.39 is 0 Å². The number of anilines is 1. The molecule has 0 saturated carbocycles. The Labute approximate surface area is 80.3 Å². The summed E-state index contributed by atoms with van der Waals surface area (Å²) in [5, 5.41) is 9.12. The van der Waals surface area contributed by atoms with E-state index in [0.29, 0.717) is 17.1 Å². The molecule has 14 heavy (non-hydrogen) atoms. The highest BCUT2D eigenvalue weighted by molar-refractivity contribution is 6.20. The minimum absolute atomic E-state index is 0.0584. The second-order valence-electron chi connectivity index (χ2n) is 3.17. The highest BCUT2D eigenvalue weighted by Gasteiger charge is 2.33. The normalized spacial score (nSPS) is 16.3. The van der Waals surface area contributed by atoms with Crippen LogP contribution >= 0.6 is 0 Å². The predicted molar refractivity (Wildman–Crippen MR) is 48.9 cm³/mol. The van der Waals surface area contributed by atoms with Crippen molar-refractivity contribution in [2.45, 2.75) is 13.8 Å². The van der Waals surface area contributed by atoms with E-state index in [-0.39, 0.29) is 18.5 Å². The van der Waals surface area contributed by atoms with Crippen LogP contribution < -0.4 is 10.2 Å². The van der Waals surface area contributed by atoms with Gasteiger partial charge in [-0.2, -0.15) is 5.10 Å². The number of hydrogen-bond acceptors (Lipinski definition) is 3.